The normalized spacial score (nSPS) is 15.6. The molecule has 3 nitrogen and oxygen atoms in total. The van der Waals surface area contributed by atoms with E-state index in [0.717, 1.165) is 31.9 Å². The molecule has 1 fully saturated rings. The van der Waals surface area contributed by atoms with Crippen molar-refractivity contribution in [2.24, 2.45) is 10.4 Å². The van der Waals surface area contributed by atoms with Crippen LogP contribution in [0.5, 0.6) is 0 Å². The van der Waals surface area contributed by atoms with Gasteiger partial charge in [0, 0.05) is 31.1 Å². The van der Waals surface area contributed by atoms with Crippen LogP contribution >= 0.6 is 11.8 Å². The summed E-state index contributed by atoms with van der Waals surface area (Å²) in [6.07, 6.45) is 3.36. The molecule has 2 aromatic carbocycles. The van der Waals surface area contributed by atoms with Crippen LogP contribution < -0.4 is 4.90 Å². The summed E-state index contributed by atoms with van der Waals surface area (Å²) in [4.78, 5) is 10.6. The van der Waals surface area contributed by atoms with Gasteiger partial charge in [-0.1, -0.05) is 39.0 Å². The fourth-order valence-electron chi connectivity index (χ4n) is 3.60. The molecule has 0 aromatic heterocycles. The van der Waals surface area contributed by atoms with Crippen molar-refractivity contribution in [2.45, 2.75) is 32.1 Å². The van der Waals surface area contributed by atoms with Gasteiger partial charge in [-0.2, -0.15) is 0 Å². The molecule has 4 heteroatoms. The lowest BCUT2D eigenvalue weighted by molar-refractivity contribution is 0.217. The van der Waals surface area contributed by atoms with Gasteiger partial charge < -0.3 is 4.90 Å². The van der Waals surface area contributed by atoms with E-state index in [1.807, 2.05) is 0 Å². The minimum absolute atomic E-state index is 0.400. The second kappa shape index (κ2) is 9.15. The second-order valence-electron chi connectivity index (χ2n) is 8.73. The summed E-state index contributed by atoms with van der Waals surface area (Å²) in [5, 5.41) is 0. The summed E-state index contributed by atoms with van der Waals surface area (Å²) in [5.74, 6) is 0. The van der Waals surface area contributed by atoms with Crippen molar-refractivity contribution in [2.75, 3.05) is 43.9 Å². The lowest BCUT2D eigenvalue weighted by Crippen LogP contribution is -2.47. The van der Waals surface area contributed by atoms with E-state index in [-0.39, 0.29) is 0 Å². The Kier molecular flexibility index (Phi) is 6.84. The summed E-state index contributed by atoms with van der Waals surface area (Å²) in [7, 11) is 0. The van der Waals surface area contributed by atoms with Gasteiger partial charge in [0.05, 0.1) is 11.4 Å². The van der Waals surface area contributed by atoms with Crippen LogP contribution in [0.4, 0.5) is 11.4 Å². The molecule has 0 radical (unpaired) electrons. The molecule has 2 aromatic rings. The molecular weight excluding hydrogens is 362 g/mol. The van der Waals surface area contributed by atoms with Crippen molar-refractivity contribution in [3.8, 4) is 11.1 Å². The van der Waals surface area contributed by atoms with Crippen molar-refractivity contribution < 1.29 is 0 Å². The van der Waals surface area contributed by atoms with Crippen molar-refractivity contribution in [1.29, 1.82) is 0 Å². The first-order valence-corrected chi connectivity index (χ1v) is 11.3. The molecule has 0 atom stereocenters. The van der Waals surface area contributed by atoms with E-state index in [2.05, 4.69) is 91.0 Å². The number of hydrogen-bond acceptors (Lipinski definition) is 4. The zero-order valence-electron chi connectivity index (χ0n) is 17.7. The van der Waals surface area contributed by atoms with E-state index in [0.29, 0.717) is 5.41 Å². The van der Waals surface area contributed by atoms with Crippen LogP contribution in [0.15, 0.2) is 52.4 Å². The number of thioether (sulfide) groups is 1. The molecule has 1 aliphatic heterocycles. The minimum atomic E-state index is 0.400. The maximum absolute atomic E-state index is 4.29. The van der Waals surface area contributed by atoms with Gasteiger partial charge in [-0.15, -0.1) is 11.8 Å². The first kappa shape index (κ1) is 20.9. The average molecular weight is 396 g/mol. The maximum Gasteiger partial charge on any atom is 0.0856 e. The lowest BCUT2D eigenvalue weighted by Gasteiger charge is -2.37. The van der Waals surface area contributed by atoms with Crippen molar-refractivity contribution >= 4 is 29.9 Å². The molecule has 1 aliphatic rings. The van der Waals surface area contributed by atoms with Gasteiger partial charge in [0.25, 0.3) is 0 Å². The van der Waals surface area contributed by atoms with Crippen LogP contribution in [0, 0.1) is 5.41 Å². The van der Waals surface area contributed by atoms with E-state index in [9.17, 15) is 0 Å². The highest BCUT2D eigenvalue weighted by Crippen LogP contribution is 2.35. The van der Waals surface area contributed by atoms with Crippen LogP contribution in [0.3, 0.4) is 0 Å². The minimum Gasteiger partial charge on any atom is -0.367 e. The number of rotatable bonds is 6. The highest BCUT2D eigenvalue weighted by molar-refractivity contribution is 7.98. The highest BCUT2D eigenvalue weighted by Gasteiger charge is 2.21. The van der Waals surface area contributed by atoms with Crippen LogP contribution in [0.25, 0.3) is 11.1 Å². The quantitative estimate of drug-likeness (QED) is 0.444. The third-order valence-electron chi connectivity index (χ3n) is 5.44. The Hall–Kier alpha value is -1.78. The Labute approximate surface area is 174 Å². The number of benzene rings is 2. The third kappa shape index (κ3) is 5.39. The third-order valence-corrected chi connectivity index (χ3v) is 6.17. The Bertz CT molecular complexity index is 802. The zero-order chi connectivity index (χ0) is 20.1. The van der Waals surface area contributed by atoms with Crippen LogP contribution in [0.2, 0.25) is 0 Å². The summed E-state index contributed by atoms with van der Waals surface area (Å²) >= 11 is 1.78. The maximum atomic E-state index is 4.29. The molecule has 0 bridgehead atoms. The van der Waals surface area contributed by atoms with Crippen LogP contribution in [-0.4, -0.2) is 50.6 Å². The summed E-state index contributed by atoms with van der Waals surface area (Å²) in [5.41, 5.74) is 5.09. The standard InChI is InChI=1S/C24H33N3S/c1-24(2,3)11-12-26-13-15-27(16-14-26)23-18-20(9-10-22(23)25-4)19-7-6-8-21(17-19)28-5/h6-10,17-18H,4,11-16H2,1-3,5H3. The summed E-state index contributed by atoms with van der Waals surface area (Å²) < 4.78 is 0. The molecule has 150 valence electrons. The SMILES string of the molecule is C=Nc1ccc(-c2cccc(SC)c2)cc1N1CCN(CCC(C)(C)C)CC1. The molecular formula is C24H33N3S. The topological polar surface area (TPSA) is 18.8 Å². The van der Waals surface area contributed by atoms with Gasteiger partial charge in [0.1, 0.15) is 0 Å². The van der Waals surface area contributed by atoms with Gasteiger partial charge in [-0.05, 0) is 66.7 Å². The first-order valence-electron chi connectivity index (χ1n) is 10.1. The first-order chi connectivity index (χ1) is 13.4. The molecule has 28 heavy (non-hydrogen) atoms. The van der Waals surface area contributed by atoms with E-state index in [1.165, 1.54) is 34.7 Å². The van der Waals surface area contributed by atoms with E-state index >= 15 is 0 Å². The average Bonchev–Trinajstić information content (AvgIpc) is 2.71. The van der Waals surface area contributed by atoms with Crippen LogP contribution in [-0.2, 0) is 0 Å². The molecule has 0 amide bonds. The second-order valence-corrected chi connectivity index (χ2v) is 9.61. The van der Waals surface area contributed by atoms with E-state index < -0.39 is 0 Å². The lowest BCUT2D eigenvalue weighted by atomic mass is 9.92. The monoisotopic (exact) mass is 395 g/mol. The molecule has 1 heterocycles. The molecule has 0 saturated carbocycles. The number of aliphatic imine (C=N–C) groups is 1. The van der Waals surface area contributed by atoms with Crippen LogP contribution in [0.1, 0.15) is 27.2 Å². The van der Waals surface area contributed by atoms with Crippen molar-refractivity contribution in [1.82, 2.24) is 4.90 Å². The van der Waals surface area contributed by atoms with E-state index in [4.69, 9.17) is 0 Å². The Morgan fingerprint density at radius 3 is 2.36 bits per heavy atom. The Morgan fingerprint density at radius 1 is 1.00 bits per heavy atom. The van der Waals surface area contributed by atoms with Gasteiger partial charge >= 0.3 is 0 Å². The molecule has 0 aliphatic carbocycles. The smallest absolute Gasteiger partial charge is 0.0856 e. The molecule has 0 N–H and O–H groups in total. The molecule has 3 rings (SSSR count). The number of nitrogens with zero attached hydrogens (tertiary/aromatic N) is 3. The van der Waals surface area contributed by atoms with E-state index in [1.54, 1.807) is 11.8 Å². The largest absolute Gasteiger partial charge is 0.367 e. The van der Waals surface area contributed by atoms with Crippen molar-refractivity contribution in [3.63, 3.8) is 0 Å². The predicted octanol–water partition coefficient (Wildman–Crippen LogP) is 5.97. The Morgan fingerprint density at radius 2 is 1.71 bits per heavy atom. The summed E-state index contributed by atoms with van der Waals surface area (Å²) in [6, 6.07) is 15.3. The fraction of sp³-hybridized carbons (Fsp3) is 0.458. The molecule has 0 spiro atoms. The zero-order valence-corrected chi connectivity index (χ0v) is 18.6. The predicted molar refractivity (Wildman–Crippen MR) is 126 cm³/mol. The Balaban J connectivity index is 1.75. The molecule has 1 saturated heterocycles. The highest BCUT2D eigenvalue weighted by atomic mass is 32.2. The van der Waals surface area contributed by atoms with Gasteiger partial charge in [0.2, 0.25) is 0 Å². The number of piperazine rings is 1. The molecule has 0 unspecified atom stereocenters. The van der Waals surface area contributed by atoms with Crippen molar-refractivity contribution in [3.05, 3.63) is 42.5 Å². The van der Waals surface area contributed by atoms with Gasteiger partial charge in [-0.3, -0.25) is 9.89 Å². The van der Waals surface area contributed by atoms with Gasteiger partial charge in [-0.25, -0.2) is 0 Å². The number of hydrogen-bond donors (Lipinski definition) is 0. The fourth-order valence-corrected chi connectivity index (χ4v) is 4.06. The summed E-state index contributed by atoms with van der Waals surface area (Å²) in [6.45, 7) is 16.3. The van der Waals surface area contributed by atoms with Gasteiger partial charge in [0.15, 0.2) is 0 Å². The number of anilines is 1.